The molecular formula is C23H28N4O3. The van der Waals surface area contributed by atoms with Gasteiger partial charge in [0.05, 0.1) is 18.2 Å². The summed E-state index contributed by atoms with van der Waals surface area (Å²) >= 11 is 0. The van der Waals surface area contributed by atoms with E-state index < -0.39 is 0 Å². The maximum Gasteiger partial charge on any atom is 0.231 e. The van der Waals surface area contributed by atoms with E-state index in [4.69, 9.17) is 14.5 Å². The number of aromatic nitrogens is 2. The number of ether oxygens (including phenoxy) is 2. The Labute approximate surface area is 176 Å². The van der Waals surface area contributed by atoms with Crippen molar-refractivity contribution in [2.45, 2.75) is 52.0 Å². The highest BCUT2D eigenvalue weighted by molar-refractivity contribution is 5.79. The Bertz CT molecular complexity index is 969. The van der Waals surface area contributed by atoms with E-state index in [1.54, 1.807) is 0 Å². The fraction of sp³-hybridized carbons (Fsp3) is 0.522. The van der Waals surface area contributed by atoms with Crippen LogP contribution in [0.4, 0.5) is 5.95 Å². The largest absolute Gasteiger partial charge is 0.454 e. The highest BCUT2D eigenvalue weighted by Gasteiger charge is 2.35. The number of rotatable bonds is 4. The number of fused-ring (bicyclic) bond motifs is 2. The molecule has 0 radical (unpaired) electrons. The van der Waals surface area contributed by atoms with E-state index in [1.807, 2.05) is 24.4 Å². The molecule has 1 atom stereocenters. The van der Waals surface area contributed by atoms with Crippen LogP contribution in [-0.4, -0.2) is 35.8 Å². The number of anilines is 1. The van der Waals surface area contributed by atoms with Gasteiger partial charge in [-0.1, -0.05) is 19.9 Å². The van der Waals surface area contributed by atoms with Crippen LogP contribution in [0, 0.1) is 5.41 Å². The summed E-state index contributed by atoms with van der Waals surface area (Å²) in [6.07, 6.45) is 6.40. The molecular weight excluding hydrogens is 380 g/mol. The van der Waals surface area contributed by atoms with Crippen molar-refractivity contribution in [3.8, 4) is 11.5 Å². The second-order valence-corrected chi connectivity index (χ2v) is 9.30. The molecule has 7 nitrogen and oxygen atoms in total. The van der Waals surface area contributed by atoms with E-state index in [0.29, 0.717) is 12.2 Å². The van der Waals surface area contributed by atoms with Crippen LogP contribution < -0.4 is 19.7 Å². The van der Waals surface area contributed by atoms with E-state index in [9.17, 15) is 4.79 Å². The first-order valence-electron chi connectivity index (χ1n) is 10.8. The van der Waals surface area contributed by atoms with Gasteiger partial charge in [0, 0.05) is 24.8 Å². The molecule has 7 heteroatoms. The molecule has 1 aliphatic carbocycles. The minimum absolute atomic E-state index is 0.00821. The molecule has 1 fully saturated rings. The molecule has 1 aromatic carbocycles. The first-order valence-corrected chi connectivity index (χ1v) is 10.8. The van der Waals surface area contributed by atoms with E-state index in [-0.39, 0.29) is 24.2 Å². The maximum absolute atomic E-state index is 12.8. The lowest BCUT2D eigenvalue weighted by atomic mass is 9.74. The van der Waals surface area contributed by atoms with Crippen molar-refractivity contribution in [1.29, 1.82) is 0 Å². The third-order valence-electron chi connectivity index (χ3n) is 6.19. The maximum atomic E-state index is 12.8. The summed E-state index contributed by atoms with van der Waals surface area (Å²) in [4.78, 5) is 24.6. The molecule has 0 spiro atoms. The third-order valence-corrected chi connectivity index (χ3v) is 6.19. The monoisotopic (exact) mass is 408 g/mol. The quantitative estimate of drug-likeness (QED) is 0.837. The summed E-state index contributed by atoms with van der Waals surface area (Å²) in [6, 6.07) is 5.58. The van der Waals surface area contributed by atoms with Crippen LogP contribution in [0.25, 0.3) is 0 Å². The van der Waals surface area contributed by atoms with Gasteiger partial charge in [0.25, 0.3) is 0 Å². The van der Waals surface area contributed by atoms with Crippen molar-refractivity contribution < 1.29 is 14.3 Å². The standard InChI is InChI=1S/C23H28N4O3/c1-23(2)11-17(16-13-24-22(26-18(16)12-23)27-7-3-4-8-27)25-21(28)10-15-5-6-19-20(9-15)30-14-29-19/h5-6,9,13,17H,3-4,7-8,10-12,14H2,1-2H3,(H,25,28)/t17-/m1/s1. The SMILES string of the molecule is CC1(C)Cc2nc(N3CCCC3)ncc2[C@H](NC(=O)Cc2ccc3c(c2)OCO3)C1. The van der Waals surface area contributed by atoms with Crippen molar-refractivity contribution >= 4 is 11.9 Å². The molecule has 0 saturated carbocycles. The van der Waals surface area contributed by atoms with E-state index in [1.165, 1.54) is 12.8 Å². The lowest BCUT2D eigenvalue weighted by molar-refractivity contribution is -0.121. The molecule has 1 saturated heterocycles. The molecule has 1 N–H and O–H groups in total. The highest BCUT2D eigenvalue weighted by atomic mass is 16.7. The zero-order valence-corrected chi connectivity index (χ0v) is 17.6. The predicted octanol–water partition coefficient (Wildman–Crippen LogP) is 3.18. The fourth-order valence-electron chi connectivity index (χ4n) is 4.72. The summed E-state index contributed by atoms with van der Waals surface area (Å²) in [7, 11) is 0. The fourth-order valence-corrected chi connectivity index (χ4v) is 4.72. The van der Waals surface area contributed by atoms with Gasteiger partial charge in [-0.25, -0.2) is 9.97 Å². The summed E-state index contributed by atoms with van der Waals surface area (Å²) < 4.78 is 10.8. The van der Waals surface area contributed by atoms with Gasteiger partial charge in [0.2, 0.25) is 18.6 Å². The second kappa shape index (κ2) is 7.45. The zero-order chi connectivity index (χ0) is 20.7. The summed E-state index contributed by atoms with van der Waals surface area (Å²) in [5, 5.41) is 3.23. The molecule has 2 aromatic rings. The first-order chi connectivity index (χ1) is 14.5. The Morgan fingerprint density at radius 2 is 2.03 bits per heavy atom. The van der Waals surface area contributed by atoms with Crippen LogP contribution in [0.2, 0.25) is 0 Å². The van der Waals surface area contributed by atoms with E-state index in [0.717, 1.165) is 54.4 Å². The normalized spacial score (nSPS) is 21.4. The summed E-state index contributed by atoms with van der Waals surface area (Å²) in [6.45, 7) is 6.77. The van der Waals surface area contributed by atoms with Crippen molar-refractivity contribution in [1.82, 2.24) is 15.3 Å². The average Bonchev–Trinajstić information content (AvgIpc) is 3.38. The Hall–Kier alpha value is -2.83. The summed E-state index contributed by atoms with van der Waals surface area (Å²) in [5.74, 6) is 2.25. The predicted molar refractivity (Wildman–Crippen MR) is 113 cm³/mol. The molecule has 1 amide bonds. The van der Waals surface area contributed by atoms with Crippen molar-refractivity contribution in [2.75, 3.05) is 24.8 Å². The van der Waals surface area contributed by atoms with Crippen LogP contribution in [0.3, 0.4) is 0 Å². The topological polar surface area (TPSA) is 76.6 Å². The van der Waals surface area contributed by atoms with Crippen molar-refractivity contribution in [3.05, 3.63) is 41.2 Å². The average molecular weight is 409 g/mol. The molecule has 0 bridgehead atoms. The Balaban J connectivity index is 1.33. The zero-order valence-electron chi connectivity index (χ0n) is 17.6. The van der Waals surface area contributed by atoms with Crippen LogP contribution in [-0.2, 0) is 17.6 Å². The van der Waals surface area contributed by atoms with E-state index in [2.05, 4.69) is 29.0 Å². The van der Waals surface area contributed by atoms with Crippen molar-refractivity contribution in [2.24, 2.45) is 5.41 Å². The number of amides is 1. The Kier molecular flexibility index (Phi) is 4.76. The van der Waals surface area contributed by atoms with Crippen LogP contribution in [0.5, 0.6) is 11.5 Å². The van der Waals surface area contributed by atoms with Gasteiger partial charge in [-0.3, -0.25) is 4.79 Å². The first kappa shape index (κ1) is 19.2. The second-order valence-electron chi connectivity index (χ2n) is 9.30. The molecule has 3 heterocycles. The van der Waals surface area contributed by atoms with E-state index >= 15 is 0 Å². The number of benzene rings is 1. The molecule has 5 rings (SSSR count). The van der Waals surface area contributed by atoms with Gasteiger partial charge < -0.3 is 19.7 Å². The number of carbonyl (C=O) groups excluding carboxylic acids is 1. The number of nitrogens with zero attached hydrogens (tertiary/aromatic N) is 3. The lowest BCUT2D eigenvalue weighted by Gasteiger charge is -2.36. The highest BCUT2D eigenvalue weighted by Crippen LogP contribution is 2.40. The smallest absolute Gasteiger partial charge is 0.231 e. The van der Waals surface area contributed by atoms with Gasteiger partial charge >= 0.3 is 0 Å². The molecule has 30 heavy (non-hydrogen) atoms. The van der Waals surface area contributed by atoms with Gasteiger partial charge in [0.15, 0.2) is 11.5 Å². The van der Waals surface area contributed by atoms with Gasteiger partial charge in [-0.2, -0.15) is 0 Å². The Morgan fingerprint density at radius 1 is 1.23 bits per heavy atom. The van der Waals surface area contributed by atoms with Gasteiger partial charge in [0.1, 0.15) is 0 Å². The minimum Gasteiger partial charge on any atom is -0.454 e. The van der Waals surface area contributed by atoms with Crippen molar-refractivity contribution in [3.63, 3.8) is 0 Å². The number of nitrogens with one attached hydrogen (secondary N) is 1. The lowest BCUT2D eigenvalue weighted by Crippen LogP contribution is -2.38. The minimum atomic E-state index is -0.0714. The van der Waals surface area contributed by atoms with Gasteiger partial charge in [-0.15, -0.1) is 0 Å². The number of carbonyl (C=O) groups is 1. The van der Waals surface area contributed by atoms with Crippen LogP contribution in [0.15, 0.2) is 24.4 Å². The molecule has 158 valence electrons. The van der Waals surface area contributed by atoms with Crippen LogP contribution in [0.1, 0.15) is 56.0 Å². The van der Waals surface area contributed by atoms with Gasteiger partial charge in [-0.05, 0) is 48.8 Å². The number of hydrogen-bond acceptors (Lipinski definition) is 6. The third kappa shape index (κ3) is 3.80. The molecule has 0 unspecified atom stereocenters. The summed E-state index contributed by atoms with van der Waals surface area (Å²) in [5.41, 5.74) is 3.10. The van der Waals surface area contributed by atoms with Crippen LogP contribution >= 0.6 is 0 Å². The Morgan fingerprint density at radius 3 is 2.87 bits per heavy atom. The molecule has 1 aromatic heterocycles. The molecule has 3 aliphatic rings. The molecule has 2 aliphatic heterocycles. The number of hydrogen-bond donors (Lipinski definition) is 1.